The van der Waals surface area contributed by atoms with Gasteiger partial charge in [-0.1, -0.05) is 42.5 Å². The smallest absolute Gasteiger partial charge is 0.269 e. The third-order valence-corrected chi connectivity index (χ3v) is 11.4. The van der Waals surface area contributed by atoms with E-state index in [9.17, 15) is 14.4 Å². The number of amides is 3. The molecule has 0 spiro atoms. The van der Waals surface area contributed by atoms with Crippen molar-refractivity contribution in [2.75, 3.05) is 67.6 Å². The minimum absolute atomic E-state index is 0.183. The van der Waals surface area contributed by atoms with Gasteiger partial charge in [0.05, 0.1) is 28.6 Å². The van der Waals surface area contributed by atoms with E-state index in [1.54, 1.807) is 36.6 Å². The minimum Gasteiger partial charge on any atom is -0.493 e. The first-order valence-corrected chi connectivity index (χ1v) is 22.9. The lowest BCUT2D eigenvalue weighted by atomic mass is 10.1. The van der Waals surface area contributed by atoms with E-state index in [-0.39, 0.29) is 17.3 Å². The molecule has 0 unspecified atom stereocenters. The summed E-state index contributed by atoms with van der Waals surface area (Å²) in [5.74, 6) is 1.12. The van der Waals surface area contributed by atoms with E-state index < -0.39 is 11.8 Å². The summed E-state index contributed by atoms with van der Waals surface area (Å²) in [5, 5.41) is 4.70. The zero-order valence-corrected chi connectivity index (χ0v) is 39.2. The van der Waals surface area contributed by atoms with Crippen molar-refractivity contribution in [3.05, 3.63) is 107 Å². The first kappa shape index (κ1) is 49.0. The Labute approximate surface area is 385 Å². The van der Waals surface area contributed by atoms with Crippen molar-refractivity contribution < 1.29 is 19.1 Å². The zero-order chi connectivity index (χ0) is 46.9. The summed E-state index contributed by atoms with van der Waals surface area (Å²) in [6.07, 6.45) is 3.54. The maximum atomic E-state index is 12.0. The molecule has 6 aromatic rings. The van der Waals surface area contributed by atoms with Crippen LogP contribution in [-0.2, 0) is 0 Å². The topological polar surface area (TPSA) is 212 Å². The van der Waals surface area contributed by atoms with E-state index in [2.05, 4.69) is 45.5 Å². The van der Waals surface area contributed by atoms with Crippen LogP contribution in [0.15, 0.2) is 84.2 Å². The van der Waals surface area contributed by atoms with Crippen molar-refractivity contribution in [3.63, 3.8) is 0 Å². The van der Waals surface area contributed by atoms with Gasteiger partial charge in [0.2, 0.25) is 17.8 Å². The van der Waals surface area contributed by atoms with Gasteiger partial charge in [0.25, 0.3) is 17.7 Å². The molecule has 5 heterocycles. The van der Waals surface area contributed by atoms with Crippen LogP contribution in [-0.4, -0.2) is 101 Å². The van der Waals surface area contributed by atoms with Crippen molar-refractivity contribution in [2.45, 2.75) is 60.8 Å². The minimum atomic E-state index is -0.573. The Morgan fingerprint density at radius 3 is 1.77 bits per heavy atom. The van der Waals surface area contributed by atoms with Gasteiger partial charge in [0.1, 0.15) is 22.8 Å². The molecule has 0 radical (unpaired) electrons. The normalized spacial score (nSPS) is 11.9. The second kappa shape index (κ2) is 24.2. The summed E-state index contributed by atoms with van der Waals surface area (Å²) in [6, 6.07) is 24.5. The van der Waals surface area contributed by atoms with Gasteiger partial charge in [0.15, 0.2) is 0 Å². The van der Waals surface area contributed by atoms with Gasteiger partial charge in [0, 0.05) is 57.4 Å². The average molecular weight is 901 g/mol. The van der Waals surface area contributed by atoms with E-state index in [1.807, 2.05) is 112 Å². The SMILES string of the molecule is CCN(CC)c1nc(C(N)=O)cc(-c2cc(C)cs2)n1.CCOc1ccccc1-c1cc(C(N)=O)nc(N(CC)CC)n1.CNC(=O)c1cc(-c2ccccc2)nc(N2CCCCC2)n1. The fraction of sp³-hybridized carbons (Fsp3) is 0.354. The number of aryl methyl sites for hydroxylation is 1. The van der Waals surface area contributed by atoms with E-state index in [4.69, 9.17) is 16.2 Å². The van der Waals surface area contributed by atoms with Crippen LogP contribution >= 0.6 is 11.3 Å². The van der Waals surface area contributed by atoms with Crippen molar-refractivity contribution in [3.8, 4) is 38.8 Å². The second-order valence-corrected chi connectivity index (χ2v) is 15.7. The molecule has 5 N–H and O–H groups in total. The van der Waals surface area contributed by atoms with Crippen LogP contribution in [0.1, 0.15) is 90.9 Å². The molecule has 16 nitrogen and oxygen atoms in total. The molecule has 1 aliphatic heterocycles. The molecule has 0 bridgehead atoms. The Hall–Kier alpha value is -7.01. The number of rotatable bonds is 15. The first-order valence-electron chi connectivity index (χ1n) is 22.0. The van der Waals surface area contributed by atoms with Gasteiger partial charge in [-0.15, -0.1) is 11.3 Å². The highest BCUT2D eigenvalue weighted by Crippen LogP contribution is 2.31. The number of aromatic nitrogens is 6. The lowest BCUT2D eigenvalue weighted by Gasteiger charge is -2.27. The number of thiophene rings is 1. The van der Waals surface area contributed by atoms with E-state index in [0.29, 0.717) is 35.8 Å². The van der Waals surface area contributed by atoms with Gasteiger partial charge in [-0.25, -0.2) is 29.9 Å². The van der Waals surface area contributed by atoms with Gasteiger partial charge < -0.3 is 36.2 Å². The Bertz CT molecular complexity index is 2500. The summed E-state index contributed by atoms with van der Waals surface area (Å²) in [5.41, 5.74) is 16.8. The molecule has 0 aliphatic carbocycles. The fourth-order valence-electron chi connectivity index (χ4n) is 6.88. The predicted octanol–water partition coefficient (Wildman–Crippen LogP) is 7.44. The molecule has 342 valence electrons. The summed E-state index contributed by atoms with van der Waals surface area (Å²) in [6.45, 7) is 17.5. The van der Waals surface area contributed by atoms with E-state index in [1.165, 1.54) is 12.0 Å². The number of carbonyl (C=O) groups excluding carboxylic acids is 3. The van der Waals surface area contributed by atoms with Crippen LogP contribution in [0.3, 0.4) is 0 Å². The molecule has 2 aromatic carbocycles. The van der Waals surface area contributed by atoms with Gasteiger partial charge in [-0.05, 0) is 108 Å². The molecule has 0 saturated carbocycles. The lowest BCUT2D eigenvalue weighted by molar-refractivity contribution is 0.0955. The molecule has 3 amide bonds. The van der Waals surface area contributed by atoms with Gasteiger partial charge in [-0.2, -0.15) is 0 Å². The maximum Gasteiger partial charge on any atom is 0.269 e. The molecule has 1 aliphatic rings. The number of hydrogen-bond donors (Lipinski definition) is 3. The van der Waals surface area contributed by atoms with Crippen LogP contribution in [0.25, 0.3) is 33.1 Å². The number of piperidine rings is 1. The van der Waals surface area contributed by atoms with Crippen LogP contribution in [0.4, 0.5) is 17.8 Å². The van der Waals surface area contributed by atoms with Crippen LogP contribution in [0.2, 0.25) is 0 Å². The van der Waals surface area contributed by atoms with Gasteiger partial charge >= 0.3 is 0 Å². The summed E-state index contributed by atoms with van der Waals surface area (Å²) in [7, 11) is 1.62. The number of carbonyl (C=O) groups is 3. The Morgan fingerprint density at radius 2 is 1.23 bits per heavy atom. The monoisotopic (exact) mass is 900 g/mol. The molecule has 4 aromatic heterocycles. The second-order valence-electron chi connectivity index (χ2n) is 14.8. The van der Waals surface area contributed by atoms with E-state index in [0.717, 1.165) is 85.3 Å². The standard InChI is InChI=1S/C17H22N4O2.C17H20N4O.C14H18N4OS/c1-4-21(5-2)17-19-13(11-14(20-17)16(18)22)12-9-7-8-10-15(12)23-6-3;1-18-16(22)15-12-14(13-8-4-2-5-9-13)19-17(20-15)21-10-6-3-7-11-21;1-4-18(5-2)14-16-10(7-11(17-14)13(15)19)12-6-9(3)8-20-12/h7-11H,4-6H2,1-3H3,(H2,18,22);2,4-5,8-9,12H,3,6-7,10-11H2,1H3,(H,18,22);6-8H,4-5H2,1-3H3,(H2,15,19). The number of nitrogens with zero attached hydrogens (tertiary/aromatic N) is 9. The third kappa shape index (κ3) is 13.3. The number of benzene rings is 2. The molecule has 1 fully saturated rings. The number of primary amides is 2. The molecular formula is C48H60N12O4S. The highest BCUT2D eigenvalue weighted by molar-refractivity contribution is 7.13. The highest BCUT2D eigenvalue weighted by Gasteiger charge is 2.20. The zero-order valence-electron chi connectivity index (χ0n) is 38.4. The number of nitrogens with one attached hydrogen (secondary N) is 1. The predicted molar refractivity (Wildman–Crippen MR) is 260 cm³/mol. The molecule has 0 atom stereocenters. The van der Waals surface area contributed by atoms with Crippen LogP contribution in [0.5, 0.6) is 5.75 Å². The fourth-order valence-corrected chi connectivity index (χ4v) is 7.74. The molecular weight excluding hydrogens is 841 g/mol. The molecule has 7 rings (SSSR count). The summed E-state index contributed by atoms with van der Waals surface area (Å²) in [4.78, 5) is 69.1. The summed E-state index contributed by atoms with van der Waals surface area (Å²) < 4.78 is 5.65. The van der Waals surface area contributed by atoms with Crippen molar-refractivity contribution >= 4 is 46.9 Å². The van der Waals surface area contributed by atoms with Crippen molar-refractivity contribution in [1.82, 2.24) is 35.2 Å². The van der Waals surface area contributed by atoms with Crippen molar-refractivity contribution in [1.29, 1.82) is 0 Å². The Morgan fingerprint density at radius 1 is 0.677 bits per heavy atom. The van der Waals surface area contributed by atoms with Gasteiger partial charge in [-0.3, -0.25) is 14.4 Å². The van der Waals surface area contributed by atoms with Crippen LogP contribution < -0.4 is 36.2 Å². The molecule has 65 heavy (non-hydrogen) atoms. The number of hydrogen-bond acceptors (Lipinski definition) is 14. The number of para-hydroxylation sites is 1. The summed E-state index contributed by atoms with van der Waals surface area (Å²) >= 11 is 1.60. The Balaban J connectivity index is 0.000000184. The average Bonchev–Trinajstić information content (AvgIpc) is 3.79. The maximum absolute atomic E-state index is 12.0. The quantitative estimate of drug-likeness (QED) is 0.0916. The largest absolute Gasteiger partial charge is 0.493 e. The Kier molecular flexibility index (Phi) is 18.2. The third-order valence-electron chi connectivity index (χ3n) is 10.4. The highest BCUT2D eigenvalue weighted by atomic mass is 32.1. The number of nitrogens with two attached hydrogens (primary N) is 2. The van der Waals surface area contributed by atoms with Crippen molar-refractivity contribution in [2.24, 2.45) is 11.5 Å². The molecule has 1 saturated heterocycles. The first-order chi connectivity index (χ1) is 31.4. The molecule has 17 heteroatoms. The lowest BCUT2D eigenvalue weighted by Crippen LogP contribution is -2.32. The number of anilines is 3. The number of ether oxygens (including phenoxy) is 1. The van der Waals surface area contributed by atoms with Crippen LogP contribution in [0, 0.1) is 6.92 Å². The van der Waals surface area contributed by atoms with E-state index >= 15 is 0 Å².